The minimum absolute atomic E-state index is 0.446. The summed E-state index contributed by atoms with van der Waals surface area (Å²) < 4.78 is 14.8. The molecule has 0 bridgehead atoms. The molecule has 1 saturated heterocycles. The number of rotatable bonds is 11. The van der Waals surface area contributed by atoms with Crippen LogP contribution in [0.25, 0.3) is 0 Å². The van der Waals surface area contributed by atoms with Gasteiger partial charge in [0.1, 0.15) is 8.24 Å². The molecule has 0 aromatic heterocycles. The smallest absolute Gasteiger partial charge is 0.321 e. The Kier molecular flexibility index (Phi) is 10.4. The van der Waals surface area contributed by atoms with E-state index >= 15 is 0 Å². The highest BCUT2D eigenvalue weighted by molar-refractivity contribution is 6.77. The van der Waals surface area contributed by atoms with Gasteiger partial charge >= 0.3 is 9.28 Å². The zero-order valence-electron chi connectivity index (χ0n) is 18.1. The third-order valence-corrected chi connectivity index (χ3v) is 13.7. The fraction of sp³-hybridized carbons (Fsp3) is 1.00. The first-order valence-corrected chi connectivity index (χ1v) is 15.1. The van der Waals surface area contributed by atoms with Crippen LogP contribution in [0.3, 0.4) is 0 Å². The predicted octanol–water partition coefficient (Wildman–Crippen LogP) is 4.07. The first-order valence-electron chi connectivity index (χ1n) is 10.4. The maximum Gasteiger partial charge on any atom is 0.321 e. The Morgan fingerprint density at radius 2 is 1.44 bits per heavy atom. The van der Waals surface area contributed by atoms with E-state index in [0.29, 0.717) is 5.04 Å². The van der Waals surface area contributed by atoms with Gasteiger partial charge in [0.05, 0.1) is 0 Å². The summed E-state index contributed by atoms with van der Waals surface area (Å²) in [6.07, 6.45) is 3.41. The normalized spacial score (nSPS) is 18.2. The molecule has 0 amide bonds. The molecule has 6 heteroatoms. The summed E-state index contributed by atoms with van der Waals surface area (Å²) in [7, 11) is -2.77. The summed E-state index contributed by atoms with van der Waals surface area (Å²) in [4.78, 5) is 2.65. The van der Waals surface area contributed by atoms with Crippen LogP contribution in [-0.4, -0.2) is 72.9 Å². The summed E-state index contributed by atoms with van der Waals surface area (Å²) >= 11 is 0. The zero-order chi connectivity index (χ0) is 18.9. The lowest BCUT2D eigenvalue weighted by Crippen LogP contribution is -2.61. The van der Waals surface area contributed by atoms with E-state index < -0.39 is 17.5 Å². The highest BCUT2D eigenvalue weighted by Gasteiger charge is 2.41. The Morgan fingerprint density at radius 3 is 1.88 bits per heavy atom. The highest BCUT2D eigenvalue weighted by atomic mass is 28.3. The maximum atomic E-state index is 5.98. The number of hydrogen-bond acceptors (Lipinski definition) is 4. The van der Waals surface area contributed by atoms with Crippen LogP contribution in [0, 0.1) is 0 Å². The van der Waals surface area contributed by atoms with Crippen LogP contribution in [0.2, 0.25) is 24.2 Å². The fourth-order valence-corrected chi connectivity index (χ4v) is 7.41. The molecule has 150 valence electrons. The molecular weight excluding hydrogens is 344 g/mol. The van der Waals surface area contributed by atoms with E-state index in [1.807, 2.05) is 0 Å². The van der Waals surface area contributed by atoms with E-state index in [1.165, 1.54) is 39.1 Å². The maximum absolute atomic E-state index is 5.98. The lowest BCUT2D eigenvalue weighted by atomic mass is 10.2. The Hall–Kier alpha value is 0.274. The van der Waals surface area contributed by atoms with Crippen molar-refractivity contribution in [2.75, 3.05) is 45.9 Å². The van der Waals surface area contributed by atoms with Crippen molar-refractivity contribution in [3.8, 4) is 0 Å². The first-order chi connectivity index (χ1) is 11.7. The quantitative estimate of drug-likeness (QED) is 0.498. The minimum Gasteiger partial charge on any atom is -0.397 e. The van der Waals surface area contributed by atoms with Gasteiger partial charge in [-0.1, -0.05) is 47.7 Å². The highest BCUT2D eigenvalue weighted by Crippen LogP contribution is 2.38. The van der Waals surface area contributed by atoms with Gasteiger partial charge in [-0.05, 0) is 36.9 Å². The summed E-state index contributed by atoms with van der Waals surface area (Å²) in [6, 6.07) is 1.16. The molecule has 1 rings (SSSR count). The number of nitrogens with zero attached hydrogens (tertiary/aromatic N) is 2. The molecule has 0 unspecified atom stereocenters. The van der Waals surface area contributed by atoms with Gasteiger partial charge in [-0.3, -0.25) is 0 Å². The van der Waals surface area contributed by atoms with E-state index in [0.717, 1.165) is 32.1 Å². The molecule has 0 N–H and O–H groups in total. The summed E-state index contributed by atoms with van der Waals surface area (Å²) in [5, 5.41) is 0.446. The minimum atomic E-state index is -1.43. The Bertz CT molecular complexity index is 346. The second-order valence-electron chi connectivity index (χ2n) is 8.95. The van der Waals surface area contributed by atoms with E-state index in [9.17, 15) is 0 Å². The van der Waals surface area contributed by atoms with Gasteiger partial charge in [-0.25, -0.2) is 0 Å². The molecular formula is C19H44N2O2Si2. The van der Waals surface area contributed by atoms with Crippen molar-refractivity contribution in [1.82, 2.24) is 9.47 Å². The molecule has 1 heterocycles. The molecule has 4 nitrogen and oxygen atoms in total. The fourth-order valence-electron chi connectivity index (χ4n) is 3.20. The largest absolute Gasteiger partial charge is 0.397 e. The monoisotopic (exact) mass is 388 g/mol. The predicted molar refractivity (Wildman–Crippen MR) is 114 cm³/mol. The van der Waals surface area contributed by atoms with Gasteiger partial charge in [0.15, 0.2) is 0 Å². The summed E-state index contributed by atoms with van der Waals surface area (Å²) in [5.41, 5.74) is 0. The third-order valence-electron chi connectivity index (χ3n) is 5.93. The Morgan fingerprint density at radius 1 is 0.920 bits per heavy atom. The standard InChI is InChI=1S/C19H44N2O2Si2/c1-8-16-22-24(23-17-9-2)18-10-11-20-12-14-21(15-13-20)25(6,7)19(3,4)5/h24H,8-18H2,1-7H3. The Labute approximate surface area is 160 Å². The second-order valence-corrected chi connectivity index (χ2v) is 16.3. The molecule has 0 aliphatic carbocycles. The van der Waals surface area contributed by atoms with Crippen molar-refractivity contribution < 1.29 is 8.85 Å². The number of hydrogen-bond donors (Lipinski definition) is 0. The van der Waals surface area contributed by atoms with Crippen LogP contribution in [0.15, 0.2) is 0 Å². The molecule has 0 radical (unpaired) electrons. The van der Waals surface area contributed by atoms with Crippen LogP contribution < -0.4 is 0 Å². The van der Waals surface area contributed by atoms with E-state index in [-0.39, 0.29) is 0 Å². The average Bonchev–Trinajstić information content (AvgIpc) is 2.56. The average molecular weight is 389 g/mol. The number of piperazine rings is 1. The summed E-state index contributed by atoms with van der Waals surface area (Å²) in [5.74, 6) is 0. The first kappa shape index (κ1) is 23.3. The van der Waals surface area contributed by atoms with Gasteiger partial charge in [0, 0.05) is 39.4 Å². The lowest BCUT2D eigenvalue weighted by molar-refractivity contribution is 0.173. The molecule has 0 aromatic rings. The van der Waals surface area contributed by atoms with Gasteiger partial charge in [-0.2, -0.15) is 0 Å². The van der Waals surface area contributed by atoms with Crippen LogP contribution >= 0.6 is 0 Å². The lowest BCUT2D eigenvalue weighted by Gasteiger charge is -2.49. The molecule has 1 aliphatic rings. The van der Waals surface area contributed by atoms with Gasteiger partial charge in [-0.15, -0.1) is 0 Å². The summed E-state index contributed by atoms with van der Waals surface area (Å²) in [6.45, 7) is 24.6. The van der Waals surface area contributed by atoms with Crippen LogP contribution in [0.5, 0.6) is 0 Å². The van der Waals surface area contributed by atoms with Crippen molar-refractivity contribution in [3.05, 3.63) is 0 Å². The van der Waals surface area contributed by atoms with Crippen LogP contribution in [-0.2, 0) is 8.85 Å². The van der Waals surface area contributed by atoms with Gasteiger partial charge < -0.3 is 18.3 Å². The van der Waals surface area contributed by atoms with Crippen molar-refractivity contribution >= 4 is 17.5 Å². The zero-order valence-corrected chi connectivity index (χ0v) is 20.2. The second kappa shape index (κ2) is 11.2. The van der Waals surface area contributed by atoms with E-state index in [4.69, 9.17) is 8.85 Å². The Balaban J connectivity index is 2.31. The van der Waals surface area contributed by atoms with Crippen molar-refractivity contribution in [1.29, 1.82) is 0 Å². The molecule has 1 fully saturated rings. The molecule has 25 heavy (non-hydrogen) atoms. The molecule has 0 atom stereocenters. The van der Waals surface area contributed by atoms with Crippen molar-refractivity contribution in [2.45, 2.75) is 78.1 Å². The van der Waals surface area contributed by atoms with E-state index in [1.54, 1.807) is 0 Å². The molecule has 0 aromatic carbocycles. The van der Waals surface area contributed by atoms with Crippen LogP contribution in [0.1, 0.15) is 53.9 Å². The van der Waals surface area contributed by atoms with Crippen molar-refractivity contribution in [2.24, 2.45) is 0 Å². The van der Waals surface area contributed by atoms with Gasteiger partial charge in [0.2, 0.25) is 0 Å². The molecule has 1 aliphatic heterocycles. The molecule has 0 spiro atoms. The third kappa shape index (κ3) is 7.81. The topological polar surface area (TPSA) is 24.9 Å². The van der Waals surface area contributed by atoms with Crippen LogP contribution in [0.4, 0.5) is 0 Å². The van der Waals surface area contributed by atoms with Gasteiger partial charge in [0.25, 0.3) is 0 Å². The SMILES string of the molecule is CCCO[SiH](CCCN1CCN([Si](C)(C)C(C)(C)C)CC1)OCCC. The molecule has 0 saturated carbocycles. The van der Waals surface area contributed by atoms with Crippen molar-refractivity contribution in [3.63, 3.8) is 0 Å². The van der Waals surface area contributed by atoms with E-state index in [2.05, 4.69) is 57.2 Å².